The second kappa shape index (κ2) is 4.01. The van der Waals surface area contributed by atoms with E-state index >= 15 is 0 Å². The average Bonchev–Trinajstić information content (AvgIpc) is 2.91. The predicted octanol–water partition coefficient (Wildman–Crippen LogP) is 2.63. The first-order valence-electron chi connectivity index (χ1n) is 5.07. The van der Waals surface area contributed by atoms with Gasteiger partial charge in [0.1, 0.15) is 0 Å². The molecule has 0 aliphatic rings. The zero-order valence-corrected chi connectivity index (χ0v) is 10.2. The number of rotatable bonds is 3. The van der Waals surface area contributed by atoms with Crippen molar-refractivity contribution in [2.24, 2.45) is 5.73 Å². The molecule has 0 saturated heterocycles. The van der Waals surface area contributed by atoms with Crippen molar-refractivity contribution in [1.29, 1.82) is 0 Å². The lowest BCUT2D eigenvalue weighted by Gasteiger charge is -2.00. The van der Waals surface area contributed by atoms with Crippen molar-refractivity contribution in [3.8, 4) is 11.3 Å². The number of imidazole rings is 1. The Labute approximate surface area is 101 Å². The Bertz CT molecular complexity index is 605. The molecule has 0 aliphatic heterocycles. The summed E-state index contributed by atoms with van der Waals surface area (Å²) in [5.41, 5.74) is 8.05. The second-order valence-electron chi connectivity index (χ2n) is 3.50. The number of fused-ring (bicyclic) bond motifs is 1. The van der Waals surface area contributed by atoms with E-state index in [2.05, 4.69) is 32.4 Å². The lowest BCUT2D eigenvalue weighted by atomic mass is 10.1. The Morgan fingerprint density at radius 3 is 3.12 bits per heavy atom. The van der Waals surface area contributed by atoms with Gasteiger partial charge in [0, 0.05) is 22.0 Å². The molecule has 0 aromatic carbocycles. The normalized spacial score (nSPS) is 11.3. The van der Waals surface area contributed by atoms with Crippen LogP contribution in [0.4, 0.5) is 0 Å². The molecule has 5 heteroatoms. The first kappa shape index (κ1) is 10.0. The SMILES string of the molecule is NCCc1sccc1-c1cnc2sccn12. The predicted molar refractivity (Wildman–Crippen MR) is 69.1 cm³/mol. The molecule has 3 aromatic rings. The third-order valence-electron chi connectivity index (χ3n) is 2.54. The lowest BCUT2D eigenvalue weighted by molar-refractivity contribution is 0.988. The summed E-state index contributed by atoms with van der Waals surface area (Å²) in [4.78, 5) is 6.78. The molecule has 0 spiro atoms. The van der Waals surface area contributed by atoms with E-state index in [1.54, 1.807) is 22.7 Å². The molecule has 82 valence electrons. The van der Waals surface area contributed by atoms with Crippen molar-refractivity contribution in [1.82, 2.24) is 9.38 Å². The van der Waals surface area contributed by atoms with Gasteiger partial charge in [0.05, 0.1) is 11.9 Å². The Morgan fingerprint density at radius 2 is 2.25 bits per heavy atom. The maximum absolute atomic E-state index is 5.62. The van der Waals surface area contributed by atoms with Crippen LogP contribution in [-0.4, -0.2) is 15.9 Å². The molecule has 3 heterocycles. The minimum Gasteiger partial charge on any atom is -0.330 e. The van der Waals surface area contributed by atoms with E-state index in [0.717, 1.165) is 11.4 Å². The molecule has 0 atom stereocenters. The molecule has 16 heavy (non-hydrogen) atoms. The fourth-order valence-corrected chi connectivity index (χ4v) is 3.41. The first-order chi connectivity index (χ1) is 7.90. The summed E-state index contributed by atoms with van der Waals surface area (Å²) in [5, 5.41) is 4.17. The number of nitrogens with two attached hydrogens (primary N) is 1. The monoisotopic (exact) mass is 249 g/mol. The highest BCUT2D eigenvalue weighted by molar-refractivity contribution is 7.15. The molecular formula is C11H11N3S2. The van der Waals surface area contributed by atoms with Gasteiger partial charge in [-0.15, -0.1) is 22.7 Å². The van der Waals surface area contributed by atoms with E-state index in [9.17, 15) is 0 Å². The Hall–Kier alpha value is -1.17. The molecule has 2 N–H and O–H groups in total. The van der Waals surface area contributed by atoms with E-state index in [4.69, 9.17) is 5.73 Å². The first-order valence-corrected chi connectivity index (χ1v) is 6.83. The van der Waals surface area contributed by atoms with Gasteiger partial charge in [0.25, 0.3) is 0 Å². The summed E-state index contributed by atoms with van der Waals surface area (Å²) in [6, 6.07) is 2.15. The molecule has 0 saturated carbocycles. The van der Waals surface area contributed by atoms with Gasteiger partial charge < -0.3 is 5.73 Å². The fourth-order valence-electron chi connectivity index (χ4n) is 1.82. The highest BCUT2D eigenvalue weighted by atomic mass is 32.1. The highest BCUT2D eigenvalue weighted by Crippen LogP contribution is 2.30. The molecule has 0 radical (unpaired) electrons. The van der Waals surface area contributed by atoms with E-state index < -0.39 is 0 Å². The van der Waals surface area contributed by atoms with Crippen LogP contribution in [-0.2, 0) is 6.42 Å². The Morgan fingerprint density at radius 1 is 1.31 bits per heavy atom. The molecule has 0 amide bonds. The number of nitrogens with zero attached hydrogens (tertiary/aromatic N) is 2. The second-order valence-corrected chi connectivity index (χ2v) is 5.37. The summed E-state index contributed by atoms with van der Waals surface area (Å²) in [7, 11) is 0. The van der Waals surface area contributed by atoms with Crippen LogP contribution in [0.5, 0.6) is 0 Å². The molecule has 3 nitrogen and oxygen atoms in total. The highest BCUT2D eigenvalue weighted by Gasteiger charge is 2.11. The van der Waals surface area contributed by atoms with Crippen LogP contribution in [0.15, 0.2) is 29.2 Å². The molecule has 0 aliphatic carbocycles. The largest absolute Gasteiger partial charge is 0.330 e. The van der Waals surface area contributed by atoms with Crippen LogP contribution in [0.3, 0.4) is 0 Å². The van der Waals surface area contributed by atoms with Crippen molar-refractivity contribution < 1.29 is 0 Å². The van der Waals surface area contributed by atoms with Crippen molar-refractivity contribution >= 4 is 27.6 Å². The summed E-state index contributed by atoms with van der Waals surface area (Å²) >= 11 is 3.42. The number of hydrogen-bond donors (Lipinski definition) is 1. The third kappa shape index (κ3) is 1.48. The van der Waals surface area contributed by atoms with E-state index in [-0.39, 0.29) is 0 Å². The van der Waals surface area contributed by atoms with Crippen LogP contribution >= 0.6 is 22.7 Å². The summed E-state index contributed by atoms with van der Waals surface area (Å²) in [5.74, 6) is 0. The van der Waals surface area contributed by atoms with E-state index in [1.165, 1.54) is 16.1 Å². The summed E-state index contributed by atoms with van der Waals surface area (Å²) in [6.45, 7) is 0.694. The zero-order valence-electron chi connectivity index (χ0n) is 8.59. The smallest absolute Gasteiger partial charge is 0.194 e. The zero-order chi connectivity index (χ0) is 11.0. The molecule has 0 unspecified atom stereocenters. The molecular weight excluding hydrogens is 238 g/mol. The molecule has 3 aromatic heterocycles. The van der Waals surface area contributed by atoms with Crippen LogP contribution in [0.25, 0.3) is 16.2 Å². The number of hydrogen-bond acceptors (Lipinski definition) is 4. The van der Waals surface area contributed by atoms with Crippen LogP contribution in [0.1, 0.15) is 4.88 Å². The van der Waals surface area contributed by atoms with E-state index in [1.807, 2.05) is 6.20 Å². The van der Waals surface area contributed by atoms with Crippen molar-refractivity contribution in [3.63, 3.8) is 0 Å². The fraction of sp³-hybridized carbons (Fsp3) is 0.182. The van der Waals surface area contributed by atoms with Gasteiger partial charge in [-0.3, -0.25) is 4.40 Å². The summed E-state index contributed by atoms with van der Waals surface area (Å²) < 4.78 is 2.13. The van der Waals surface area contributed by atoms with Gasteiger partial charge in [-0.2, -0.15) is 0 Å². The van der Waals surface area contributed by atoms with Crippen molar-refractivity contribution in [2.75, 3.05) is 6.54 Å². The van der Waals surface area contributed by atoms with Gasteiger partial charge in [0.15, 0.2) is 4.96 Å². The maximum Gasteiger partial charge on any atom is 0.194 e. The van der Waals surface area contributed by atoms with Gasteiger partial charge in [-0.25, -0.2) is 4.98 Å². The Balaban J connectivity index is 2.15. The van der Waals surface area contributed by atoms with Crippen molar-refractivity contribution in [3.05, 3.63) is 34.1 Å². The third-order valence-corrected chi connectivity index (χ3v) is 4.29. The van der Waals surface area contributed by atoms with Crippen molar-refractivity contribution in [2.45, 2.75) is 6.42 Å². The van der Waals surface area contributed by atoms with Gasteiger partial charge in [-0.1, -0.05) is 0 Å². The number of thiazole rings is 1. The number of thiophene rings is 1. The maximum atomic E-state index is 5.62. The van der Waals surface area contributed by atoms with E-state index in [0.29, 0.717) is 6.54 Å². The minimum atomic E-state index is 0.694. The van der Waals surface area contributed by atoms with Crippen LogP contribution < -0.4 is 5.73 Å². The topological polar surface area (TPSA) is 43.3 Å². The molecule has 0 bridgehead atoms. The van der Waals surface area contributed by atoms with Crippen LogP contribution in [0.2, 0.25) is 0 Å². The molecule has 3 rings (SSSR count). The summed E-state index contributed by atoms with van der Waals surface area (Å²) in [6.07, 6.45) is 4.94. The Kier molecular flexibility index (Phi) is 2.51. The number of aromatic nitrogens is 2. The quantitative estimate of drug-likeness (QED) is 0.775. The van der Waals surface area contributed by atoms with Gasteiger partial charge in [-0.05, 0) is 24.4 Å². The lowest BCUT2D eigenvalue weighted by Crippen LogP contribution is -2.02. The standard InChI is InChI=1S/C11H11N3S2/c12-3-1-10-8(2-5-15-10)9-7-13-11-14(9)4-6-16-11/h2,4-7H,1,3,12H2. The minimum absolute atomic E-state index is 0.694. The van der Waals surface area contributed by atoms with Gasteiger partial charge in [0.2, 0.25) is 0 Å². The molecule has 0 fully saturated rings. The van der Waals surface area contributed by atoms with Gasteiger partial charge >= 0.3 is 0 Å². The average molecular weight is 249 g/mol. The van der Waals surface area contributed by atoms with Crippen LogP contribution in [0, 0.1) is 0 Å².